The van der Waals surface area contributed by atoms with Gasteiger partial charge in [-0.25, -0.2) is 4.79 Å². The van der Waals surface area contributed by atoms with E-state index in [0.29, 0.717) is 12.2 Å². The summed E-state index contributed by atoms with van der Waals surface area (Å²) in [7, 11) is 1.33. The Bertz CT molecular complexity index is 201. The summed E-state index contributed by atoms with van der Waals surface area (Å²) in [5, 5.41) is 17.1. The number of hydrogen-bond donors (Lipinski definition) is 2. The molecule has 0 aromatic rings. The molecule has 0 rings (SSSR count). The van der Waals surface area contributed by atoms with E-state index in [2.05, 4.69) is 11.3 Å². The fourth-order valence-electron chi connectivity index (χ4n) is 0.530. The molecule has 0 amide bonds. The maximum Gasteiger partial charge on any atom is 0.332 e. The third kappa shape index (κ3) is 13.1. The van der Waals surface area contributed by atoms with E-state index >= 15 is 0 Å². The van der Waals surface area contributed by atoms with Crippen molar-refractivity contribution in [1.82, 2.24) is 0 Å². The lowest BCUT2D eigenvalue weighted by molar-refractivity contribution is -0.136. The lowest BCUT2D eigenvalue weighted by Crippen LogP contribution is -2.19. The molecule has 0 aliphatic carbocycles. The van der Waals surface area contributed by atoms with Crippen molar-refractivity contribution in [2.75, 3.05) is 20.3 Å². The minimum Gasteiger partial charge on any atom is -0.466 e. The highest BCUT2D eigenvalue weighted by Crippen LogP contribution is 1.90. The van der Waals surface area contributed by atoms with Gasteiger partial charge in [0, 0.05) is 5.57 Å². The molecule has 2 N–H and O–H groups in total. The highest BCUT2D eigenvalue weighted by Gasteiger charge is 2.00. The topological polar surface area (TPSA) is 76.0 Å². The molecular formula is C11H22O5. The van der Waals surface area contributed by atoms with E-state index in [1.807, 2.05) is 0 Å². The summed E-state index contributed by atoms with van der Waals surface area (Å²) in [6.45, 7) is 8.65. The van der Waals surface area contributed by atoms with Crippen molar-refractivity contribution in [2.45, 2.75) is 33.0 Å². The Hall–Kier alpha value is -0.910. The fraction of sp³-hybridized carbons (Fsp3) is 0.727. The van der Waals surface area contributed by atoms with Gasteiger partial charge in [-0.3, -0.25) is 0 Å². The molecule has 0 saturated carbocycles. The SMILES string of the molecule is C=C(C)C(=O)OC.CC(O)COC(C)CO. The van der Waals surface area contributed by atoms with Crippen molar-refractivity contribution in [2.24, 2.45) is 0 Å². The number of aliphatic hydroxyl groups excluding tert-OH is 2. The van der Waals surface area contributed by atoms with Crippen molar-refractivity contribution in [3.8, 4) is 0 Å². The van der Waals surface area contributed by atoms with Gasteiger partial charge in [0.2, 0.25) is 0 Å². The standard InChI is InChI=1S/C6H14O3.C5H8O2/c1-5(8)4-9-6(2)3-7;1-4(2)5(6)7-3/h5-8H,3-4H2,1-2H3;1H2,2-3H3. The van der Waals surface area contributed by atoms with E-state index < -0.39 is 6.10 Å². The molecule has 2 atom stereocenters. The van der Waals surface area contributed by atoms with Crippen molar-refractivity contribution in [3.63, 3.8) is 0 Å². The van der Waals surface area contributed by atoms with Gasteiger partial charge in [-0.2, -0.15) is 0 Å². The Balaban J connectivity index is 0. The molecule has 0 saturated heterocycles. The van der Waals surface area contributed by atoms with Crippen LogP contribution in [0, 0.1) is 0 Å². The van der Waals surface area contributed by atoms with Crippen LogP contribution in [0.1, 0.15) is 20.8 Å². The van der Waals surface area contributed by atoms with Crippen molar-refractivity contribution >= 4 is 5.97 Å². The van der Waals surface area contributed by atoms with Gasteiger partial charge >= 0.3 is 5.97 Å². The number of hydrogen-bond acceptors (Lipinski definition) is 5. The Morgan fingerprint density at radius 2 is 1.94 bits per heavy atom. The largest absolute Gasteiger partial charge is 0.466 e. The van der Waals surface area contributed by atoms with Crippen molar-refractivity contribution < 1.29 is 24.5 Å². The molecule has 0 heterocycles. The van der Waals surface area contributed by atoms with E-state index in [4.69, 9.17) is 14.9 Å². The van der Waals surface area contributed by atoms with E-state index in [0.717, 1.165) is 0 Å². The Morgan fingerprint density at radius 3 is 2.12 bits per heavy atom. The van der Waals surface area contributed by atoms with Crippen LogP contribution in [-0.2, 0) is 14.3 Å². The molecule has 0 aliphatic rings. The van der Waals surface area contributed by atoms with E-state index in [-0.39, 0.29) is 18.7 Å². The second-order valence-corrected chi connectivity index (χ2v) is 3.45. The smallest absolute Gasteiger partial charge is 0.332 e. The molecule has 0 aromatic heterocycles. The third-order valence-corrected chi connectivity index (χ3v) is 1.41. The van der Waals surface area contributed by atoms with Crippen molar-refractivity contribution in [1.29, 1.82) is 0 Å². The minimum atomic E-state index is -0.445. The first-order chi connectivity index (χ1) is 7.34. The lowest BCUT2D eigenvalue weighted by atomic mass is 10.4. The van der Waals surface area contributed by atoms with E-state index in [1.165, 1.54) is 7.11 Å². The van der Waals surface area contributed by atoms with E-state index in [1.54, 1.807) is 20.8 Å². The number of esters is 1. The summed E-state index contributed by atoms with van der Waals surface area (Å²) in [6, 6.07) is 0. The molecule has 16 heavy (non-hydrogen) atoms. The summed E-state index contributed by atoms with van der Waals surface area (Å²) in [5.41, 5.74) is 0.433. The molecule has 0 fully saturated rings. The van der Waals surface area contributed by atoms with Gasteiger partial charge in [-0.15, -0.1) is 0 Å². The number of methoxy groups -OCH3 is 1. The summed E-state index contributed by atoms with van der Waals surface area (Å²) in [5.74, 6) is -0.347. The van der Waals surface area contributed by atoms with E-state index in [9.17, 15) is 4.79 Å². The Kier molecular flexibility index (Phi) is 11.6. The summed E-state index contributed by atoms with van der Waals surface area (Å²) < 4.78 is 9.23. The first kappa shape index (κ1) is 17.5. The zero-order chi connectivity index (χ0) is 13.1. The molecule has 5 heteroatoms. The molecule has 0 radical (unpaired) electrons. The van der Waals surface area contributed by atoms with Gasteiger partial charge < -0.3 is 19.7 Å². The van der Waals surface area contributed by atoms with Gasteiger partial charge in [-0.1, -0.05) is 6.58 Å². The Morgan fingerprint density at radius 1 is 1.44 bits per heavy atom. The van der Waals surface area contributed by atoms with Crippen LogP contribution in [0.3, 0.4) is 0 Å². The second kappa shape index (κ2) is 10.6. The molecule has 0 aliphatic heterocycles. The average molecular weight is 234 g/mol. The van der Waals surface area contributed by atoms with Crippen LogP contribution in [0.2, 0.25) is 0 Å². The van der Waals surface area contributed by atoms with Crippen LogP contribution in [0.15, 0.2) is 12.2 Å². The second-order valence-electron chi connectivity index (χ2n) is 3.45. The summed E-state index contributed by atoms with van der Waals surface area (Å²) >= 11 is 0. The third-order valence-electron chi connectivity index (χ3n) is 1.41. The van der Waals surface area contributed by atoms with Crippen LogP contribution < -0.4 is 0 Å². The fourth-order valence-corrected chi connectivity index (χ4v) is 0.530. The van der Waals surface area contributed by atoms with Crippen LogP contribution in [0.25, 0.3) is 0 Å². The van der Waals surface area contributed by atoms with Crippen LogP contribution in [-0.4, -0.2) is 48.7 Å². The number of aliphatic hydroxyl groups is 2. The van der Waals surface area contributed by atoms with Crippen LogP contribution >= 0.6 is 0 Å². The maximum atomic E-state index is 10.2. The summed E-state index contributed by atoms with van der Waals surface area (Å²) in [4.78, 5) is 10.2. The van der Waals surface area contributed by atoms with Crippen LogP contribution in [0.4, 0.5) is 0 Å². The zero-order valence-electron chi connectivity index (χ0n) is 10.4. The van der Waals surface area contributed by atoms with Gasteiger partial charge in [-0.05, 0) is 20.8 Å². The molecule has 2 unspecified atom stereocenters. The predicted octanol–water partition coefficient (Wildman–Crippen LogP) is 0.500. The van der Waals surface area contributed by atoms with Gasteiger partial charge in [0.25, 0.3) is 0 Å². The predicted molar refractivity (Wildman–Crippen MR) is 61.0 cm³/mol. The monoisotopic (exact) mass is 234 g/mol. The van der Waals surface area contributed by atoms with Gasteiger partial charge in [0.1, 0.15) is 0 Å². The summed E-state index contributed by atoms with van der Waals surface area (Å²) in [6.07, 6.45) is -0.612. The number of ether oxygens (including phenoxy) is 2. The molecular weight excluding hydrogens is 212 g/mol. The first-order valence-electron chi connectivity index (χ1n) is 4.99. The van der Waals surface area contributed by atoms with Gasteiger partial charge in [0.05, 0.1) is 32.5 Å². The lowest BCUT2D eigenvalue weighted by Gasteiger charge is -2.10. The average Bonchev–Trinajstić information content (AvgIpc) is 2.25. The normalized spacial score (nSPS) is 13.1. The maximum absolute atomic E-state index is 10.2. The Labute approximate surface area is 96.7 Å². The zero-order valence-corrected chi connectivity index (χ0v) is 10.4. The quantitative estimate of drug-likeness (QED) is 0.535. The molecule has 0 bridgehead atoms. The molecule has 0 spiro atoms. The molecule has 0 aromatic carbocycles. The highest BCUT2D eigenvalue weighted by molar-refractivity contribution is 5.86. The molecule has 96 valence electrons. The number of carbonyl (C=O) groups is 1. The highest BCUT2D eigenvalue weighted by atomic mass is 16.5. The van der Waals surface area contributed by atoms with Gasteiger partial charge in [0.15, 0.2) is 0 Å². The molecule has 5 nitrogen and oxygen atoms in total. The first-order valence-corrected chi connectivity index (χ1v) is 4.99. The number of carbonyl (C=O) groups excluding carboxylic acids is 1. The van der Waals surface area contributed by atoms with Crippen molar-refractivity contribution in [3.05, 3.63) is 12.2 Å². The number of rotatable bonds is 5. The minimum absolute atomic E-state index is 0.00667. The van der Waals surface area contributed by atoms with Crippen LogP contribution in [0.5, 0.6) is 0 Å².